The number of phenolic OH excluding ortho intramolecular Hbond substituents is 1. The van der Waals surface area contributed by atoms with Gasteiger partial charge in [-0.05, 0) is 72.8 Å². The fourth-order valence-corrected chi connectivity index (χ4v) is 6.37. The van der Waals surface area contributed by atoms with E-state index in [1.807, 2.05) is 78.9 Å². The lowest BCUT2D eigenvalue weighted by molar-refractivity contribution is -0.116. The number of piperidine rings is 1. The van der Waals surface area contributed by atoms with E-state index in [9.17, 15) is 24.6 Å². The zero-order valence-corrected chi connectivity index (χ0v) is 28.3. The predicted octanol–water partition coefficient (Wildman–Crippen LogP) is 5.81. The van der Waals surface area contributed by atoms with Crippen molar-refractivity contribution in [3.05, 3.63) is 125 Å². The highest BCUT2D eigenvalue weighted by Gasteiger charge is 2.23. The number of carbonyl (C=O) groups is 2. The van der Waals surface area contributed by atoms with Gasteiger partial charge in [-0.15, -0.1) is 0 Å². The van der Waals surface area contributed by atoms with Gasteiger partial charge in [0.25, 0.3) is 0 Å². The van der Waals surface area contributed by atoms with Crippen LogP contribution in [0.3, 0.4) is 0 Å². The summed E-state index contributed by atoms with van der Waals surface area (Å²) >= 11 is 0. The first-order chi connectivity index (χ1) is 24.8. The van der Waals surface area contributed by atoms with Crippen LogP contribution in [-0.4, -0.2) is 70.9 Å². The van der Waals surface area contributed by atoms with Crippen LogP contribution in [0.5, 0.6) is 5.75 Å². The van der Waals surface area contributed by atoms with Crippen molar-refractivity contribution >= 4 is 34.3 Å². The summed E-state index contributed by atoms with van der Waals surface area (Å²) < 4.78 is 5.74. The third kappa shape index (κ3) is 9.61. The number of ether oxygens (including phenoxy) is 1. The monoisotopic (exact) mass is 689 g/mol. The minimum Gasteiger partial charge on any atom is -0.506 e. The highest BCUT2D eigenvalue weighted by molar-refractivity contribution is 5.92. The van der Waals surface area contributed by atoms with Crippen molar-refractivity contribution in [1.82, 2.24) is 15.2 Å². The molecule has 1 aliphatic rings. The van der Waals surface area contributed by atoms with Gasteiger partial charge in [0.05, 0.1) is 17.3 Å². The molecule has 2 heterocycles. The maximum Gasteiger partial charge on any atom is 0.411 e. The number of anilines is 2. The minimum atomic E-state index is -0.822. The summed E-state index contributed by atoms with van der Waals surface area (Å²) in [5.74, 6) is -0.0992. The first-order valence-electron chi connectivity index (χ1n) is 17.3. The number of aliphatic hydroxyl groups excluding tert-OH is 1. The number of nitrogens with one attached hydrogen (secondary N) is 4. The lowest BCUT2D eigenvalue weighted by atomic mass is 10.0. The number of aromatic amines is 1. The van der Waals surface area contributed by atoms with Crippen molar-refractivity contribution in [1.29, 1.82) is 0 Å². The second kappa shape index (κ2) is 16.9. The van der Waals surface area contributed by atoms with Gasteiger partial charge in [0.1, 0.15) is 11.9 Å². The Labute approximate surface area is 296 Å². The van der Waals surface area contributed by atoms with E-state index in [4.69, 9.17) is 4.74 Å². The third-order valence-corrected chi connectivity index (χ3v) is 9.14. The van der Waals surface area contributed by atoms with E-state index in [2.05, 4.69) is 25.8 Å². The van der Waals surface area contributed by atoms with E-state index < -0.39 is 12.2 Å². The van der Waals surface area contributed by atoms with E-state index in [1.54, 1.807) is 12.1 Å². The number of aliphatic hydroxyl groups is 1. The van der Waals surface area contributed by atoms with Crippen LogP contribution in [0.2, 0.25) is 0 Å². The fraction of sp³-hybridized carbons (Fsp3) is 0.275. The van der Waals surface area contributed by atoms with Crippen molar-refractivity contribution in [2.24, 2.45) is 0 Å². The standard InChI is InChI=1S/C40H43N5O6/c46-35-16-14-32(33-15-17-37(48)44-39(33)35)36(47)26-41-22-18-27-10-12-29(13-11-27)42-38(49)21-25-45-23-19-30(20-24-45)51-40(50)43-34-9-5-4-8-31(34)28-6-2-1-3-7-28/h1-17,30,36,41,46-47H,18-26H2,(H,42,49)(H,43,50)(H,44,48)/t36-/m0/s1. The Balaban J connectivity index is 0.867. The maximum atomic E-state index is 12.7. The van der Waals surface area contributed by atoms with E-state index >= 15 is 0 Å². The van der Waals surface area contributed by atoms with Crippen LogP contribution < -0.4 is 21.5 Å². The third-order valence-electron chi connectivity index (χ3n) is 9.14. The molecule has 0 bridgehead atoms. The molecule has 1 fully saturated rings. The Kier molecular flexibility index (Phi) is 11.7. The van der Waals surface area contributed by atoms with Crippen LogP contribution >= 0.6 is 0 Å². The molecule has 2 amide bonds. The van der Waals surface area contributed by atoms with E-state index in [-0.39, 0.29) is 23.3 Å². The SMILES string of the molecule is O=C(CCN1CCC(OC(=O)Nc2ccccc2-c2ccccc2)CC1)Nc1ccc(CCNC[C@H](O)c2ccc(O)c3[nH]c(=O)ccc23)cc1. The highest BCUT2D eigenvalue weighted by Crippen LogP contribution is 2.29. The Morgan fingerprint density at radius 1 is 0.882 bits per heavy atom. The molecule has 1 saturated heterocycles. The van der Waals surface area contributed by atoms with Crippen molar-refractivity contribution in [3.8, 4) is 16.9 Å². The van der Waals surface area contributed by atoms with Crippen LogP contribution in [0.25, 0.3) is 22.0 Å². The second-order valence-electron chi connectivity index (χ2n) is 12.7. The minimum absolute atomic E-state index is 0.0427. The van der Waals surface area contributed by atoms with Crippen molar-refractivity contribution in [2.75, 3.05) is 43.4 Å². The van der Waals surface area contributed by atoms with Crippen LogP contribution in [0.4, 0.5) is 16.2 Å². The summed E-state index contributed by atoms with van der Waals surface area (Å²) in [6.07, 6.45) is 1.05. The zero-order chi connectivity index (χ0) is 35.6. The van der Waals surface area contributed by atoms with Gasteiger partial charge in [0.2, 0.25) is 11.5 Å². The Hall–Kier alpha value is -5.49. The number of nitrogens with zero attached hydrogens (tertiary/aromatic N) is 1. The lowest BCUT2D eigenvalue weighted by Gasteiger charge is -2.31. The summed E-state index contributed by atoms with van der Waals surface area (Å²) in [5.41, 5.74) is 5.08. The number of rotatable bonds is 13. The average molecular weight is 690 g/mol. The van der Waals surface area contributed by atoms with Gasteiger partial charge in [0.15, 0.2) is 0 Å². The van der Waals surface area contributed by atoms with Gasteiger partial charge < -0.3 is 35.5 Å². The van der Waals surface area contributed by atoms with Gasteiger partial charge in [-0.1, -0.05) is 66.7 Å². The molecular formula is C40H43N5O6. The number of likely N-dealkylation sites (tertiary alicyclic amines) is 1. The first-order valence-corrected chi connectivity index (χ1v) is 17.3. The van der Waals surface area contributed by atoms with Crippen molar-refractivity contribution < 1.29 is 24.5 Å². The topological polar surface area (TPSA) is 156 Å². The van der Waals surface area contributed by atoms with E-state index in [0.717, 1.165) is 41.9 Å². The summed E-state index contributed by atoms with van der Waals surface area (Å²) in [4.78, 5) is 41.9. The smallest absolute Gasteiger partial charge is 0.411 e. The molecule has 1 aliphatic heterocycles. The number of pyridine rings is 1. The maximum absolute atomic E-state index is 12.7. The number of para-hydroxylation sites is 1. The molecule has 51 heavy (non-hydrogen) atoms. The summed E-state index contributed by atoms with van der Waals surface area (Å²) in [6.45, 7) is 3.06. The molecule has 4 aromatic carbocycles. The van der Waals surface area contributed by atoms with E-state index in [0.29, 0.717) is 61.1 Å². The molecule has 0 spiro atoms. The fourth-order valence-electron chi connectivity index (χ4n) is 6.37. The number of fused-ring (bicyclic) bond motifs is 1. The quantitative estimate of drug-likeness (QED) is 0.0847. The molecule has 264 valence electrons. The summed E-state index contributed by atoms with van der Waals surface area (Å²) in [5, 5.41) is 30.6. The van der Waals surface area contributed by atoms with Gasteiger partial charge in [-0.25, -0.2) is 4.79 Å². The highest BCUT2D eigenvalue weighted by atomic mass is 16.6. The van der Waals surface area contributed by atoms with E-state index in [1.165, 1.54) is 12.1 Å². The molecule has 0 unspecified atom stereocenters. The normalized spacial score (nSPS) is 14.2. The number of amides is 2. The number of hydrogen-bond acceptors (Lipinski definition) is 8. The number of aromatic hydroxyl groups is 1. The number of carbonyl (C=O) groups excluding carboxylic acids is 2. The first kappa shape index (κ1) is 35.3. The predicted molar refractivity (Wildman–Crippen MR) is 199 cm³/mol. The molecule has 6 rings (SSSR count). The number of hydrogen-bond donors (Lipinski definition) is 6. The molecule has 5 aromatic rings. The number of H-pyrrole nitrogens is 1. The largest absolute Gasteiger partial charge is 0.506 e. The summed E-state index contributed by atoms with van der Waals surface area (Å²) in [6, 6.07) is 31.4. The van der Waals surface area contributed by atoms with Crippen LogP contribution in [-0.2, 0) is 16.0 Å². The molecule has 0 radical (unpaired) electrons. The lowest BCUT2D eigenvalue weighted by Crippen LogP contribution is -2.39. The van der Waals surface area contributed by atoms with Crippen LogP contribution in [0.1, 0.15) is 36.5 Å². The van der Waals surface area contributed by atoms with Gasteiger partial charge >= 0.3 is 6.09 Å². The van der Waals surface area contributed by atoms with Crippen LogP contribution in [0.15, 0.2) is 108 Å². The molecule has 6 N–H and O–H groups in total. The average Bonchev–Trinajstić information content (AvgIpc) is 3.14. The molecular weight excluding hydrogens is 646 g/mol. The Morgan fingerprint density at radius 3 is 2.41 bits per heavy atom. The van der Waals surface area contributed by atoms with Gasteiger partial charge in [-0.3, -0.25) is 14.9 Å². The molecule has 0 saturated carbocycles. The van der Waals surface area contributed by atoms with Crippen molar-refractivity contribution in [2.45, 2.75) is 37.9 Å². The Morgan fingerprint density at radius 2 is 1.63 bits per heavy atom. The van der Waals surface area contributed by atoms with Crippen LogP contribution in [0, 0.1) is 0 Å². The number of benzene rings is 4. The van der Waals surface area contributed by atoms with Crippen molar-refractivity contribution in [3.63, 3.8) is 0 Å². The molecule has 1 atom stereocenters. The van der Waals surface area contributed by atoms with Gasteiger partial charge in [-0.2, -0.15) is 0 Å². The molecule has 11 heteroatoms. The van der Waals surface area contributed by atoms with Gasteiger partial charge in [0, 0.05) is 55.3 Å². The number of phenols is 1. The number of aromatic nitrogens is 1. The molecule has 11 nitrogen and oxygen atoms in total. The summed E-state index contributed by atoms with van der Waals surface area (Å²) in [7, 11) is 0. The second-order valence-corrected chi connectivity index (χ2v) is 12.7. The Bertz CT molecular complexity index is 1990. The molecule has 1 aromatic heterocycles. The zero-order valence-electron chi connectivity index (χ0n) is 28.3. The molecule has 0 aliphatic carbocycles.